The van der Waals surface area contributed by atoms with Gasteiger partial charge in [-0.05, 0) is 53.0 Å². The number of likely N-dealkylation sites (tertiary alicyclic amines) is 1. The molecule has 0 saturated carbocycles. The van der Waals surface area contributed by atoms with Crippen LogP contribution in [-0.4, -0.2) is 101 Å². The predicted molar refractivity (Wildman–Crippen MR) is 121 cm³/mol. The minimum absolute atomic E-state index is 0.100. The third kappa shape index (κ3) is 6.75. The quantitative estimate of drug-likeness (QED) is 0.159. The summed E-state index contributed by atoms with van der Waals surface area (Å²) in [6, 6.07) is -2.06. The Morgan fingerprint density at radius 2 is 1.86 bits per heavy atom. The normalized spacial score (nSPS) is 22.0. The summed E-state index contributed by atoms with van der Waals surface area (Å²) in [6.07, 6.45) is 1.55. The van der Waals surface area contributed by atoms with Crippen molar-refractivity contribution in [2.75, 3.05) is 26.7 Å². The topological polar surface area (TPSA) is 174 Å². The van der Waals surface area contributed by atoms with Crippen molar-refractivity contribution >= 4 is 35.4 Å². The molecule has 0 aromatic rings. The van der Waals surface area contributed by atoms with E-state index in [4.69, 9.17) is 0 Å². The highest BCUT2D eigenvalue weighted by molar-refractivity contribution is 6.09. The number of hydrazine groups is 1. The first kappa shape index (κ1) is 28.2. The van der Waals surface area contributed by atoms with Crippen LogP contribution in [0.4, 0.5) is 0 Å². The van der Waals surface area contributed by atoms with E-state index in [1.165, 1.54) is 18.9 Å². The number of aliphatic hydroxyl groups is 1. The Hall–Kier alpha value is -3.06. The molecule has 4 amide bonds. The Labute approximate surface area is 203 Å². The highest BCUT2D eigenvalue weighted by atomic mass is 16.5. The SMILES string of the molecule is CCOC(=O)C(O)(CC(=O)N(C)NC(=O)[C@@H]1CCCN1C(=O)[C@H](C)NC(=O)[C@@H]1CCCN1)C(C)=O. The standard InChI is InChI=1S/C22H35N5O8/c1-5-35-21(33)22(34,14(3)28)12-17(29)26(4)25-19(31)16-9-7-11-27(16)20(32)13(2)24-18(30)15-8-6-10-23-15/h13,15-16,23,34H,5-12H2,1-4H3,(H,24,30)(H,25,31)/t13-,15-,16-,22?/m0/s1. The van der Waals surface area contributed by atoms with Crippen LogP contribution in [0, 0.1) is 0 Å². The van der Waals surface area contributed by atoms with E-state index in [2.05, 4.69) is 20.8 Å². The van der Waals surface area contributed by atoms with E-state index in [1.807, 2.05) is 0 Å². The Morgan fingerprint density at radius 3 is 2.43 bits per heavy atom. The second-order valence-electron chi connectivity index (χ2n) is 8.81. The lowest BCUT2D eigenvalue weighted by atomic mass is 9.95. The number of carbonyl (C=O) groups excluding carboxylic acids is 6. The van der Waals surface area contributed by atoms with E-state index in [-0.39, 0.29) is 18.6 Å². The molecule has 35 heavy (non-hydrogen) atoms. The molecule has 4 atom stereocenters. The van der Waals surface area contributed by atoms with Crippen LogP contribution in [0.2, 0.25) is 0 Å². The van der Waals surface area contributed by atoms with Crippen molar-refractivity contribution in [3.8, 4) is 0 Å². The van der Waals surface area contributed by atoms with Gasteiger partial charge in [-0.3, -0.25) is 34.4 Å². The lowest BCUT2D eigenvalue weighted by molar-refractivity contribution is -0.173. The zero-order valence-electron chi connectivity index (χ0n) is 20.6. The molecule has 13 nitrogen and oxygen atoms in total. The average molecular weight is 498 g/mol. The number of rotatable bonds is 9. The maximum Gasteiger partial charge on any atom is 0.346 e. The van der Waals surface area contributed by atoms with Crippen molar-refractivity contribution in [1.82, 2.24) is 26.0 Å². The fraction of sp³-hybridized carbons (Fsp3) is 0.727. The lowest BCUT2D eigenvalue weighted by Gasteiger charge is -2.30. The molecular weight excluding hydrogens is 462 g/mol. The number of nitrogens with one attached hydrogen (secondary N) is 3. The van der Waals surface area contributed by atoms with Gasteiger partial charge in [-0.25, -0.2) is 4.79 Å². The van der Waals surface area contributed by atoms with E-state index in [9.17, 15) is 33.9 Å². The third-order valence-corrected chi connectivity index (χ3v) is 6.20. The monoisotopic (exact) mass is 497 g/mol. The summed E-state index contributed by atoms with van der Waals surface area (Å²) in [4.78, 5) is 75.8. The Kier molecular flexibility index (Phi) is 9.72. The first-order valence-corrected chi connectivity index (χ1v) is 11.7. The summed E-state index contributed by atoms with van der Waals surface area (Å²) < 4.78 is 4.69. The smallest absolute Gasteiger partial charge is 0.346 e. The molecular formula is C22H35N5O8. The molecule has 196 valence electrons. The summed E-state index contributed by atoms with van der Waals surface area (Å²) in [7, 11) is 1.20. The molecule has 0 aliphatic carbocycles. The van der Waals surface area contributed by atoms with E-state index < -0.39 is 53.6 Å². The van der Waals surface area contributed by atoms with Crippen LogP contribution in [-0.2, 0) is 33.5 Å². The van der Waals surface area contributed by atoms with Gasteiger partial charge in [-0.15, -0.1) is 0 Å². The molecule has 0 aromatic carbocycles. The highest BCUT2D eigenvalue weighted by Gasteiger charge is 2.46. The second-order valence-corrected chi connectivity index (χ2v) is 8.81. The predicted octanol–water partition coefficient (Wildman–Crippen LogP) is -2.00. The molecule has 0 bridgehead atoms. The number of hydrogen-bond donors (Lipinski definition) is 4. The van der Waals surface area contributed by atoms with E-state index in [0.717, 1.165) is 24.9 Å². The van der Waals surface area contributed by atoms with Crippen molar-refractivity contribution in [2.45, 2.75) is 76.6 Å². The summed E-state index contributed by atoms with van der Waals surface area (Å²) in [5, 5.41) is 16.9. The molecule has 2 saturated heterocycles. The second kappa shape index (κ2) is 12.1. The van der Waals surface area contributed by atoms with Gasteiger partial charge in [0.15, 0.2) is 5.78 Å². The van der Waals surface area contributed by atoms with E-state index in [0.29, 0.717) is 25.8 Å². The van der Waals surface area contributed by atoms with Crippen molar-refractivity contribution in [3.63, 3.8) is 0 Å². The molecule has 1 unspecified atom stereocenters. The number of Topliss-reactive ketones (excluding diaryl/α,β-unsaturated/α-hetero) is 1. The van der Waals surface area contributed by atoms with E-state index >= 15 is 0 Å². The van der Waals surface area contributed by atoms with Crippen LogP contribution in [0.25, 0.3) is 0 Å². The first-order chi connectivity index (χ1) is 16.4. The number of amides is 4. The first-order valence-electron chi connectivity index (χ1n) is 11.7. The van der Waals surface area contributed by atoms with Crippen molar-refractivity contribution in [1.29, 1.82) is 0 Å². The largest absolute Gasteiger partial charge is 0.464 e. The molecule has 2 fully saturated rings. The minimum Gasteiger partial charge on any atom is -0.464 e. The van der Waals surface area contributed by atoms with Crippen LogP contribution in [0.1, 0.15) is 52.9 Å². The van der Waals surface area contributed by atoms with Crippen LogP contribution in [0.5, 0.6) is 0 Å². The number of hydrogen-bond acceptors (Lipinski definition) is 9. The van der Waals surface area contributed by atoms with Gasteiger partial charge in [0.1, 0.15) is 12.1 Å². The highest BCUT2D eigenvalue weighted by Crippen LogP contribution is 2.20. The van der Waals surface area contributed by atoms with Gasteiger partial charge >= 0.3 is 5.97 Å². The van der Waals surface area contributed by atoms with E-state index in [1.54, 1.807) is 6.92 Å². The van der Waals surface area contributed by atoms with Gasteiger partial charge in [0.05, 0.1) is 19.1 Å². The summed E-state index contributed by atoms with van der Waals surface area (Å²) in [5.74, 6) is -4.48. The van der Waals surface area contributed by atoms with Crippen molar-refractivity contribution in [3.05, 3.63) is 0 Å². The maximum atomic E-state index is 12.9. The number of carbonyl (C=O) groups is 6. The van der Waals surface area contributed by atoms with Crippen molar-refractivity contribution < 1.29 is 38.6 Å². The van der Waals surface area contributed by atoms with Gasteiger partial charge in [-0.2, -0.15) is 0 Å². The number of ketones is 1. The zero-order chi connectivity index (χ0) is 26.3. The van der Waals surface area contributed by atoms with Gasteiger partial charge in [0.2, 0.25) is 23.3 Å². The summed E-state index contributed by atoms with van der Waals surface area (Å²) >= 11 is 0. The van der Waals surface area contributed by atoms with Gasteiger partial charge in [0.25, 0.3) is 5.91 Å². The van der Waals surface area contributed by atoms with Gasteiger partial charge in [-0.1, -0.05) is 0 Å². The van der Waals surface area contributed by atoms with Crippen LogP contribution < -0.4 is 16.1 Å². The number of ether oxygens (including phenoxy) is 1. The fourth-order valence-electron chi connectivity index (χ4n) is 4.07. The van der Waals surface area contributed by atoms with Crippen LogP contribution >= 0.6 is 0 Å². The molecule has 2 aliphatic heterocycles. The van der Waals surface area contributed by atoms with Crippen molar-refractivity contribution in [2.24, 2.45) is 0 Å². The molecule has 2 heterocycles. The zero-order valence-corrected chi connectivity index (χ0v) is 20.6. The Bertz CT molecular complexity index is 859. The van der Waals surface area contributed by atoms with Crippen LogP contribution in [0.3, 0.4) is 0 Å². The number of esters is 1. The third-order valence-electron chi connectivity index (χ3n) is 6.20. The number of nitrogens with zero attached hydrogens (tertiary/aromatic N) is 2. The molecule has 0 aromatic heterocycles. The molecule has 13 heteroatoms. The summed E-state index contributed by atoms with van der Waals surface area (Å²) in [5.41, 5.74) is -0.335. The Morgan fingerprint density at radius 1 is 1.17 bits per heavy atom. The van der Waals surface area contributed by atoms with Gasteiger partial charge in [0, 0.05) is 13.6 Å². The molecule has 0 spiro atoms. The van der Waals surface area contributed by atoms with Crippen LogP contribution in [0.15, 0.2) is 0 Å². The molecule has 4 N–H and O–H groups in total. The average Bonchev–Trinajstić information content (AvgIpc) is 3.50. The van der Waals surface area contributed by atoms with Gasteiger partial charge < -0.3 is 25.4 Å². The maximum absolute atomic E-state index is 12.9. The minimum atomic E-state index is -2.68. The molecule has 2 rings (SSSR count). The lowest BCUT2D eigenvalue weighted by Crippen LogP contribution is -2.57. The molecule has 0 radical (unpaired) electrons. The molecule has 2 aliphatic rings. The Balaban J connectivity index is 1.98. The summed E-state index contributed by atoms with van der Waals surface area (Å²) in [6.45, 7) is 4.94. The fourth-order valence-corrected chi connectivity index (χ4v) is 4.07.